The first-order valence-electron chi connectivity index (χ1n) is 6.00. The van der Waals surface area contributed by atoms with Crippen molar-refractivity contribution in [3.63, 3.8) is 0 Å². The van der Waals surface area contributed by atoms with Crippen LogP contribution in [0.3, 0.4) is 0 Å². The molecule has 0 bridgehead atoms. The van der Waals surface area contributed by atoms with Gasteiger partial charge in [-0.1, -0.05) is 34.1 Å². The minimum atomic E-state index is -0.927. The number of nitrogens with one attached hydrogen (secondary N) is 1. The lowest BCUT2D eigenvalue weighted by Crippen LogP contribution is -2.07. The van der Waals surface area contributed by atoms with Gasteiger partial charge in [0.05, 0.1) is 18.4 Å². The maximum atomic E-state index is 11.2. The van der Waals surface area contributed by atoms with E-state index in [1.165, 1.54) is 0 Å². The number of halogens is 1. The van der Waals surface area contributed by atoms with E-state index in [9.17, 15) is 4.79 Å². The van der Waals surface area contributed by atoms with E-state index in [0.29, 0.717) is 17.9 Å². The normalized spacial score (nSPS) is 10.1. The number of ether oxygens (including phenoxy) is 1. The van der Waals surface area contributed by atoms with E-state index in [-0.39, 0.29) is 0 Å². The monoisotopic (exact) mass is 335 g/mol. The molecule has 0 unspecified atom stereocenters. The van der Waals surface area contributed by atoms with Crippen LogP contribution in [0, 0.1) is 0 Å². The van der Waals surface area contributed by atoms with Crippen molar-refractivity contribution in [2.45, 2.75) is 6.54 Å². The van der Waals surface area contributed by atoms with Crippen molar-refractivity contribution in [2.24, 2.45) is 0 Å². The average molecular weight is 336 g/mol. The number of methoxy groups -OCH3 is 1. The molecule has 0 saturated heterocycles. The number of carboxylic acid groups (broad SMARTS) is 1. The summed E-state index contributed by atoms with van der Waals surface area (Å²) in [7, 11) is 1.60. The molecular formula is C15H14BrNO3. The number of rotatable bonds is 5. The number of hydrogen-bond donors (Lipinski definition) is 2. The van der Waals surface area contributed by atoms with Gasteiger partial charge in [0.1, 0.15) is 5.75 Å². The zero-order valence-electron chi connectivity index (χ0n) is 10.9. The third-order valence-corrected chi connectivity index (χ3v) is 3.37. The Bertz CT molecular complexity index is 628. The minimum absolute atomic E-state index is 0.300. The molecule has 0 aliphatic rings. The molecule has 2 rings (SSSR count). The minimum Gasteiger partial charge on any atom is -0.495 e. The summed E-state index contributed by atoms with van der Waals surface area (Å²) in [5.41, 5.74) is 1.83. The SMILES string of the molecule is COc1ccc(Br)cc1NCc1ccccc1C(=O)O. The number of aromatic carboxylic acids is 1. The van der Waals surface area contributed by atoms with Crippen LogP contribution in [0.1, 0.15) is 15.9 Å². The van der Waals surface area contributed by atoms with E-state index in [1.807, 2.05) is 24.3 Å². The molecule has 0 atom stereocenters. The largest absolute Gasteiger partial charge is 0.495 e. The van der Waals surface area contributed by atoms with Gasteiger partial charge < -0.3 is 15.2 Å². The Kier molecular flexibility index (Phi) is 4.63. The van der Waals surface area contributed by atoms with E-state index in [0.717, 1.165) is 15.7 Å². The van der Waals surface area contributed by atoms with Crippen LogP contribution < -0.4 is 10.1 Å². The number of benzene rings is 2. The third kappa shape index (κ3) is 3.30. The molecule has 0 aliphatic heterocycles. The van der Waals surface area contributed by atoms with Crippen molar-refractivity contribution < 1.29 is 14.6 Å². The number of anilines is 1. The summed E-state index contributed by atoms with van der Waals surface area (Å²) in [6.45, 7) is 0.412. The predicted octanol–water partition coefficient (Wildman–Crippen LogP) is 3.77. The Balaban J connectivity index is 2.21. The molecule has 0 aliphatic carbocycles. The predicted molar refractivity (Wildman–Crippen MR) is 81.4 cm³/mol. The molecule has 20 heavy (non-hydrogen) atoms. The van der Waals surface area contributed by atoms with E-state index >= 15 is 0 Å². The summed E-state index contributed by atoms with van der Waals surface area (Å²) < 4.78 is 6.19. The summed E-state index contributed by atoms with van der Waals surface area (Å²) in [6, 6.07) is 12.5. The topological polar surface area (TPSA) is 58.6 Å². The van der Waals surface area contributed by atoms with Gasteiger partial charge >= 0.3 is 5.97 Å². The highest BCUT2D eigenvalue weighted by molar-refractivity contribution is 9.10. The number of hydrogen-bond acceptors (Lipinski definition) is 3. The Hall–Kier alpha value is -2.01. The van der Waals surface area contributed by atoms with Gasteiger partial charge in [-0.25, -0.2) is 4.79 Å². The van der Waals surface area contributed by atoms with Gasteiger partial charge in [-0.3, -0.25) is 0 Å². The van der Waals surface area contributed by atoms with Crippen LogP contribution >= 0.6 is 15.9 Å². The zero-order chi connectivity index (χ0) is 14.5. The average Bonchev–Trinajstić information content (AvgIpc) is 2.45. The lowest BCUT2D eigenvalue weighted by atomic mass is 10.1. The fraction of sp³-hybridized carbons (Fsp3) is 0.133. The molecular weight excluding hydrogens is 322 g/mol. The summed E-state index contributed by atoms with van der Waals surface area (Å²) in [4.78, 5) is 11.2. The molecule has 0 spiro atoms. The Morgan fingerprint density at radius 1 is 1.30 bits per heavy atom. The smallest absolute Gasteiger partial charge is 0.336 e. The molecule has 0 fully saturated rings. The van der Waals surface area contributed by atoms with Crippen LogP contribution in [0.25, 0.3) is 0 Å². The van der Waals surface area contributed by atoms with Crippen LogP contribution in [0.2, 0.25) is 0 Å². The highest BCUT2D eigenvalue weighted by Gasteiger charge is 2.09. The molecule has 0 amide bonds. The molecule has 0 radical (unpaired) electrons. The lowest BCUT2D eigenvalue weighted by Gasteiger charge is -2.12. The van der Waals surface area contributed by atoms with Gasteiger partial charge in [-0.05, 0) is 29.8 Å². The molecule has 104 valence electrons. The summed E-state index contributed by atoms with van der Waals surface area (Å²) >= 11 is 3.40. The Labute approximate surface area is 125 Å². The highest BCUT2D eigenvalue weighted by atomic mass is 79.9. The number of carboxylic acids is 1. The van der Waals surface area contributed by atoms with Gasteiger partial charge in [0, 0.05) is 11.0 Å². The fourth-order valence-electron chi connectivity index (χ4n) is 1.89. The van der Waals surface area contributed by atoms with Crippen LogP contribution in [0.15, 0.2) is 46.9 Å². The number of carbonyl (C=O) groups is 1. The molecule has 0 heterocycles. The molecule has 2 aromatic carbocycles. The molecule has 2 aromatic rings. The van der Waals surface area contributed by atoms with Crippen LogP contribution in [0.4, 0.5) is 5.69 Å². The van der Waals surface area contributed by atoms with Gasteiger partial charge in [-0.15, -0.1) is 0 Å². The van der Waals surface area contributed by atoms with Gasteiger partial charge in [-0.2, -0.15) is 0 Å². The first-order valence-corrected chi connectivity index (χ1v) is 6.79. The van der Waals surface area contributed by atoms with Crippen molar-refractivity contribution in [3.05, 3.63) is 58.1 Å². The van der Waals surface area contributed by atoms with E-state index in [4.69, 9.17) is 9.84 Å². The van der Waals surface area contributed by atoms with Crippen molar-refractivity contribution in [1.82, 2.24) is 0 Å². The van der Waals surface area contributed by atoms with Gasteiger partial charge in [0.25, 0.3) is 0 Å². The summed E-state index contributed by atoms with van der Waals surface area (Å²) in [6.07, 6.45) is 0. The van der Waals surface area contributed by atoms with E-state index in [2.05, 4.69) is 21.2 Å². The second-order valence-corrected chi connectivity index (χ2v) is 5.08. The second kappa shape index (κ2) is 6.43. The molecule has 0 saturated carbocycles. The molecule has 2 N–H and O–H groups in total. The standard InChI is InChI=1S/C15H14BrNO3/c1-20-14-7-6-11(16)8-13(14)17-9-10-4-2-3-5-12(10)15(18)19/h2-8,17H,9H2,1H3,(H,18,19). The molecule has 5 heteroatoms. The van der Waals surface area contributed by atoms with Crippen LogP contribution in [-0.4, -0.2) is 18.2 Å². The van der Waals surface area contributed by atoms with Crippen molar-refractivity contribution in [2.75, 3.05) is 12.4 Å². The lowest BCUT2D eigenvalue weighted by molar-refractivity contribution is 0.0696. The fourth-order valence-corrected chi connectivity index (χ4v) is 2.25. The summed E-state index contributed by atoms with van der Waals surface area (Å²) in [5, 5.41) is 12.3. The Morgan fingerprint density at radius 2 is 2.05 bits per heavy atom. The zero-order valence-corrected chi connectivity index (χ0v) is 12.5. The highest BCUT2D eigenvalue weighted by Crippen LogP contribution is 2.28. The second-order valence-electron chi connectivity index (χ2n) is 4.16. The molecule has 4 nitrogen and oxygen atoms in total. The van der Waals surface area contributed by atoms with Crippen LogP contribution in [-0.2, 0) is 6.54 Å². The van der Waals surface area contributed by atoms with Crippen molar-refractivity contribution in [3.8, 4) is 5.75 Å². The first kappa shape index (κ1) is 14.4. The quantitative estimate of drug-likeness (QED) is 0.873. The molecule has 0 aromatic heterocycles. The summed E-state index contributed by atoms with van der Waals surface area (Å²) in [5.74, 6) is -0.218. The van der Waals surface area contributed by atoms with Gasteiger partial charge in [0.2, 0.25) is 0 Å². The van der Waals surface area contributed by atoms with E-state index in [1.54, 1.807) is 25.3 Å². The van der Waals surface area contributed by atoms with Crippen molar-refractivity contribution >= 4 is 27.6 Å². The van der Waals surface area contributed by atoms with Gasteiger partial charge in [0.15, 0.2) is 0 Å². The van der Waals surface area contributed by atoms with Crippen LogP contribution in [0.5, 0.6) is 5.75 Å². The maximum Gasteiger partial charge on any atom is 0.336 e. The third-order valence-electron chi connectivity index (χ3n) is 2.88. The first-order chi connectivity index (χ1) is 9.61. The Morgan fingerprint density at radius 3 is 2.75 bits per heavy atom. The van der Waals surface area contributed by atoms with Crippen molar-refractivity contribution in [1.29, 1.82) is 0 Å². The van der Waals surface area contributed by atoms with E-state index < -0.39 is 5.97 Å². The maximum absolute atomic E-state index is 11.2.